The van der Waals surface area contributed by atoms with Crippen LogP contribution in [0.15, 0.2) is 69.4 Å². The second kappa shape index (κ2) is 7.25. The highest BCUT2D eigenvalue weighted by molar-refractivity contribution is 7.99. The first-order valence-electron chi connectivity index (χ1n) is 7.75. The molecule has 0 radical (unpaired) electrons. The summed E-state index contributed by atoms with van der Waals surface area (Å²) >= 11 is 9.26. The van der Waals surface area contributed by atoms with Crippen molar-refractivity contribution in [2.75, 3.05) is 7.11 Å². The molecule has 0 saturated heterocycles. The predicted molar refractivity (Wildman–Crippen MR) is 106 cm³/mol. The van der Waals surface area contributed by atoms with Crippen LogP contribution in [-0.4, -0.2) is 18.7 Å². The van der Waals surface area contributed by atoms with Gasteiger partial charge in [-0.05, 0) is 36.4 Å². The van der Waals surface area contributed by atoms with E-state index < -0.39 is 0 Å². The van der Waals surface area contributed by atoms with Gasteiger partial charge in [0, 0.05) is 20.9 Å². The van der Waals surface area contributed by atoms with Crippen LogP contribution >= 0.6 is 34.7 Å². The number of aliphatic imine (C=N–C) groups is 1. The van der Waals surface area contributed by atoms with Gasteiger partial charge in [-0.1, -0.05) is 41.6 Å². The monoisotopic (exact) mass is 400 g/mol. The molecule has 0 aliphatic carbocycles. The lowest BCUT2D eigenvalue weighted by Crippen LogP contribution is -2.21. The summed E-state index contributed by atoms with van der Waals surface area (Å²) < 4.78 is 0.713. The summed E-state index contributed by atoms with van der Waals surface area (Å²) in [5, 5.41) is 0. The summed E-state index contributed by atoms with van der Waals surface area (Å²) in [6, 6.07) is 17.4. The van der Waals surface area contributed by atoms with Crippen molar-refractivity contribution in [3.8, 4) is 0 Å². The van der Waals surface area contributed by atoms with E-state index in [1.807, 2.05) is 30.3 Å². The average molecular weight is 401 g/mol. The zero-order valence-electron chi connectivity index (χ0n) is 13.7. The molecule has 0 saturated carbocycles. The van der Waals surface area contributed by atoms with Gasteiger partial charge in [-0.2, -0.15) is 0 Å². The first-order valence-corrected chi connectivity index (χ1v) is 9.76. The van der Waals surface area contributed by atoms with Crippen LogP contribution in [0.2, 0.25) is 4.34 Å². The van der Waals surface area contributed by atoms with Crippen molar-refractivity contribution >= 4 is 52.0 Å². The van der Waals surface area contributed by atoms with Crippen LogP contribution in [0.4, 0.5) is 5.69 Å². The van der Waals surface area contributed by atoms with Crippen LogP contribution in [0.25, 0.3) is 0 Å². The van der Waals surface area contributed by atoms with Gasteiger partial charge >= 0.3 is 0 Å². The highest BCUT2D eigenvalue weighted by Crippen LogP contribution is 2.42. The molecule has 4 nitrogen and oxygen atoms in total. The molecule has 3 aromatic rings. The second-order valence-electron chi connectivity index (χ2n) is 5.48. The number of nitrogens with one attached hydrogen (secondary N) is 1. The Hall–Kier alpha value is -2.12. The summed E-state index contributed by atoms with van der Waals surface area (Å²) in [6.45, 7) is 0. The molecule has 0 fully saturated rings. The molecular formula is C19H13ClN2O2S2. The van der Waals surface area contributed by atoms with Gasteiger partial charge in [-0.3, -0.25) is 9.63 Å². The van der Waals surface area contributed by atoms with E-state index in [0.29, 0.717) is 9.90 Å². The van der Waals surface area contributed by atoms with E-state index in [-0.39, 0.29) is 5.91 Å². The number of hydrogen-bond donors (Lipinski definition) is 1. The molecule has 26 heavy (non-hydrogen) atoms. The molecule has 0 atom stereocenters. The molecule has 0 unspecified atom stereocenters. The minimum atomic E-state index is -0.307. The number of carbonyl (C=O) groups is 1. The van der Waals surface area contributed by atoms with E-state index in [0.717, 1.165) is 31.6 Å². The topological polar surface area (TPSA) is 50.7 Å². The average Bonchev–Trinajstić information content (AvgIpc) is 3.00. The normalized spacial score (nSPS) is 12.6. The summed E-state index contributed by atoms with van der Waals surface area (Å²) in [4.78, 5) is 24.8. The quantitative estimate of drug-likeness (QED) is 0.473. The number of fused-ring (bicyclic) bond motifs is 2. The number of nitrogens with zero attached hydrogens (tertiary/aromatic N) is 1. The molecular weight excluding hydrogens is 388 g/mol. The third kappa shape index (κ3) is 3.29. The molecule has 1 aliphatic heterocycles. The summed E-state index contributed by atoms with van der Waals surface area (Å²) in [6.07, 6.45) is 0. The number of carbonyl (C=O) groups excluding carboxylic acids is 1. The fourth-order valence-electron chi connectivity index (χ4n) is 2.66. The number of hydrogen-bond acceptors (Lipinski definition) is 5. The lowest BCUT2D eigenvalue weighted by atomic mass is 10.1. The molecule has 2 heterocycles. The Kier molecular flexibility index (Phi) is 4.82. The third-order valence-corrected chi connectivity index (χ3v) is 6.20. The standard InChI is InChI=1S/C19H13ClN2O2S2/c1-24-22-19(23)11-6-7-15-13(10-11)21-18(16-8-9-17(20)26-16)12-4-2-3-5-14(12)25-15/h2-10H,1H3,(H,22,23). The molecule has 2 aromatic carbocycles. The Morgan fingerprint density at radius 1 is 1.12 bits per heavy atom. The van der Waals surface area contributed by atoms with Gasteiger partial charge in [0.15, 0.2) is 0 Å². The number of amides is 1. The summed E-state index contributed by atoms with van der Waals surface area (Å²) in [5.74, 6) is -0.307. The molecule has 1 aromatic heterocycles. The minimum Gasteiger partial charge on any atom is -0.277 e. The summed E-state index contributed by atoms with van der Waals surface area (Å²) in [5.41, 5.74) is 5.48. The molecule has 1 amide bonds. The zero-order chi connectivity index (χ0) is 18.1. The lowest BCUT2D eigenvalue weighted by Gasteiger charge is -2.07. The van der Waals surface area contributed by atoms with E-state index in [1.54, 1.807) is 23.9 Å². The van der Waals surface area contributed by atoms with Crippen LogP contribution < -0.4 is 5.48 Å². The number of hydroxylamine groups is 1. The van der Waals surface area contributed by atoms with Gasteiger partial charge in [0.2, 0.25) is 0 Å². The van der Waals surface area contributed by atoms with Gasteiger partial charge in [0.1, 0.15) is 0 Å². The fraction of sp³-hybridized carbons (Fsp3) is 0.0526. The number of halogens is 1. The van der Waals surface area contributed by atoms with E-state index in [1.165, 1.54) is 18.4 Å². The molecule has 1 N–H and O–H groups in total. The highest BCUT2D eigenvalue weighted by Gasteiger charge is 2.20. The highest BCUT2D eigenvalue weighted by atomic mass is 35.5. The Morgan fingerprint density at radius 2 is 1.96 bits per heavy atom. The molecule has 4 rings (SSSR count). The van der Waals surface area contributed by atoms with Crippen molar-refractivity contribution in [3.05, 3.63) is 74.9 Å². The third-order valence-electron chi connectivity index (χ3n) is 3.82. The van der Waals surface area contributed by atoms with E-state index >= 15 is 0 Å². The first kappa shape index (κ1) is 17.3. The maximum atomic E-state index is 12.1. The van der Waals surface area contributed by atoms with Gasteiger partial charge in [0.05, 0.1) is 27.7 Å². The largest absolute Gasteiger partial charge is 0.277 e. The van der Waals surface area contributed by atoms with E-state index in [2.05, 4.69) is 17.6 Å². The van der Waals surface area contributed by atoms with Crippen molar-refractivity contribution in [1.82, 2.24) is 5.48 Å². The van der Waals surface area contributed by atoms with Crippen LogP contribution in [0, 0.1) is 0 Å². The zero-order valence-corrected chi connectivity index (χ0v) is 16.0. The first-order chi connectivity index (χ1) is 12.7. The minimum absolute atomic E-state index is 0.307. The van der Waals surface area contributed by atoms with Crippen molar-refractivity contribution in [2.24, 2.45) is 4.99 Å². The SMILES string of the molecule is CONC(=O)c1ccc2c(c1)N=C(c1ccc(Cl)s1)c1ccccc1S2. The predicted octanol–water partition coefficient (Wildman–Crippen LogP) is 5.33. The van der Waals surface area contributed by atoms with Crippen LogP contribution in [-0.2, 0) is 4.84 Å². The molecule has 7 heteroatoms. The van der Waals surface area contributed by atoms with Crippen LogP contribution in [0.3, 0.4) is 0 Å². The van der Waals surface area contributed by atoms with Gasteiger partial charge in [-0.25, -0.2) is 10.5 Å². The number of benzene rings is 2. The Labute approximate surface area is 163 Å². The maximum Gasteiger partial charge on any atom is 0.274 e. The summed E-state index contributed by atoms with van der Waals surface area (Å²) in [7, 11) is 1.41. The van der Waals surface area contributed by atoms with Crippen molar-refractivity contribution < 1.29 is 9.63 Å². The second-order valence-corrected chi connectivity index (χ2v) is 8.28. The molecule has 1 aliphatic rings. The lowest BCUT2D eigenvalue weighted by molar-refractivity contribution is 0.0537. The van der Waals surface area contributed by atoms with Crippen molar-refractivity contribution in [1.29, 1.82) is 0 Å². The van der Waals surface area contributed by atoms with Crippen molar-refractivity contribution in [2.45, 2.75) is 9.79 Å². The van der Waals surface area contributed by atoms with Gasteiger partial charge < -0.3 is 0 Å². The smallest absolute Gasteiger partial charge is 0.274 e. The molecule has 0 bridgehead atoms. The van der Waals surface area contributed by atoms with E-state index in [4.69, 9.17) is 21.4 Å². The number of thiophene rings is 1. The Morgan fingerprint density at radius 3 is 2.73 bits per heavy atom. The molecule has 0 spiro atoms. The van der Waals surface area contributed by atoms with Gasteiger partial charge in [0.25, 0.3) is 5.91 Å². The van der Waals surface area contributed by atoms with Crippen LogP contribution in [0.5, 0.6) is 0 Å². The van der Waals surface area contributed by atoms with E-state index in [9.17, 15) is 4.79 Å². The Balaban J connectivity index is 1.89. The Bertz CT molecular complexity index is 1030. The van der Waals surface area contributed by atoms with Crippen LogP contribution in [0.1, 0.15) is 20.8 Å². The van der Waals surface area contributed by atoms with Gasteiger partial charge in [-0.15, -0.1) is 11.3 Å². The number of rotatable bonds is 3. The molecule has 130 valence electrons. The fourth-order valence-corrected chi connectivity index (χ4v) is 4.71. The van der Waals surface area contributed by atoms with Crippen molar-refractivity contribution in [3.63, 3.8) is 0 Å². The maximum absolute atomic E-state index is 12.1.